The second-order valence-corrected chi connectivity index (χ2v) is 5.95. The van der Waals surface area contributed by atoms with Gasteiger partial charge in [0.05, 0.1) is 22.8 Å². The van der Waals surface area contributed by atoms with E-state index in [1.165, 1.54) is 0 Å². The maximum absolute atomic E-state index is 5.84. The lowest BCUT2D eigenvalue weighted by Crippen LogP contribution is -2.07. The predicted octanol–water partition coefficient (Wildman–Crippen LogP) is 3.02. The van der Waals surface area contributed by atoms with E-state index >= 15 is 0 Å². The Morgan fingerprint density at radius 3 is 2.39 bits per heavy atom. The van der Waals surface area contributed by atoms with Gasteiger partial charge in [-0.15, -0.1) is 11.3 Å². The first kappa shape index (κ1) is 14.0. The van der Waals surface area contributed by atoms with Gasteiger partial charge in [-0.05, 0) is 30.8 Å². The van der Waals surface area contributed by atoms with Gasteiger partial charge in [-0.1, -0.05) is 12.1 Å². The third-order valence-electron chi connectivity index (χ3n) is 3.67. The maximum Gasteiger partial charge on any atom is 0.195 e. The smallest absolute Gasteiger partial charge is 0.195 e. The topological polar surface area (TPSA) is 69.1 Å². The van der Waals surface area contributed by atoms with Crippen molar-refractivity contribution in [1.82, 2.24) is 19.4 Å². The fourth-order valence-corrected chi connectivity index (χ4v) is 3.59. The van der Waals surface area contributed by atoms with Gasteiger partial charge in [-0.25, -0.2) is 4.98 Å². The highest BCUT2D eigenvalue weighted by atomic mass is 32.1. The van der Waals surface area contributed by atoms with E-state index in [1.807, 2.05) is 36.4 Å². The Hall–Kier alpha value is -2.57. The van der Waals surface area contributed by atoms with Gasteiger partial charge in [0.2, 0.25) is 0 Å². The molecule has 0 radical (unpaired) electrons. The number of imidazole rings is 1. The minimum atomic E-state index is 0.561. The minimum Gasteiger partial charge on any atom is -0.330 e. The first-order valence-electron chi connectivity index (χ1n) is 7.40. The van der Waals surface area contributed by atoms with Crippen molar-refractivity contribution < 1.29 is 0 Å². The molecule has 0 fully saturated rings. The maximum atomic E-state index is 5.84. The lowest BCUT2D eigenvalue weighted by molar-refractivity contribution is 0.911. The SMILES string of the molecule is NCCc1c(-c2ccccn2)nc2scc(-c3ccccn3)n12. The summed E-state index contributed by atoms with van der Waals surface area (Å²) in [6.45, 7) is 0.561. The molecule has 0 saturated carbocycles. The molecule has 6 heteroatoms. The monoisotopic (exact) mass is 321 g/mol. The van der Waals surface area contributed by atoms with Crippen LogP contribution in [-0.2, 0) is 6.42 Å². The molecule has 4 heterocycles. The van der Waals surface area contributed by atoms with Gasteiger partial charge in [0.1, 0.15) is 5.69 Å². The number of nitrogens with zero attached hydrogens (tertiary/aromatic N) is 4. The zero-order chi connectivity index (χ0) is 15.6. The quantitative estimate of drug-likeness (QED) is 0.627. The van der Waals surface area contributed by atoms with Crippen molar-refractivity contribution in [3.05, 3.63) is 59.9 Å². The summed E-state index contributed by atoms with van der Waals surface area (Å²) in [5, 5.41) is 2.09. The average Bonchev–Trinajstić information content (AvgIpc) is 3.17. The molecule has 0 unspecified atom stereocenters. The van der Waals surface area contributed by atoms with Crippen LogP contribution in [0.2, 0.25) is 0 Å². The Morgan fingerprint density at radius 1 is 1.00 bits per heavy atom. The van der Waals surface area contributed by atoms with Crippen molar-refractivity contribution in [3.63, 3.8) is 0 Å². The number of hydrogen-bond donors (Lipinski definition) is 1. The number of nitrogens with two attached hydrogens (primary N) is 1. The first-order chi connectivity index (χ1) is 11.4. The van der Waals surface area contributed by atoms with E-state index in [0.717, 1.165) is 39.9 Å². The third-order valence-corrected chi connectivity index (χ3v) is 4.50. The first-order valence-corrected chi connectivity index (χ1v) is 8.28. The van der Waals surface area contributed by atoms with Crippen LogP contribution in [0, 0.1) is 0 Å². The van der Waals surface area contributed by atoms with Crippen LogP contribution >= 0.6 is 11.3 Å². The molecule has 4 aromatic rings. The van der Waals surface area contributed by atoms with Crippen LogP contribution in [-0.4, -0.2) is 25.9 Å². The molecule has 0 aliphatic carbocycles. The lowest BCUT2D eigenvalue weighted by Gasteiger charge is -2.05. The number of hydrogen-bond acceptors (Lipinski definition) is 5. The summed E-state index contributed by atoms with van der Waals surface area (Å²) < 4.78 is 2.16. The number of fused-ring (bicyclic) bond motifs is 1. The van der Waals surface area contributed by atoms with Crippen LogP contribution in [0.1, 0.15) is 5.69 Å². The van der Waals surface area contributed by atoms with Gasteiger partial charge < -0.3 is 5.73 Å². The van der Waals surface area contributed by atoms with Gasteiger partial charge in [0.15, 0.2) is 4.96 Å². The summed E-state index contributed by atoms with van der Waals surface area (Å²) in [7, 11) is 0. The summed E-state index contributed by atoms with van der Waals surface area (Å²) >= 11 is 1.61. The van der Waals surface area contributed by atoms with E-state index < -0.39 is 0 Å². The Balaban J connectivity index is 1.97. The highest BCUT2D eigenvalue weighted by molar-refractivity contribution is 7.15. The van der Waals surface area contributed by atoms with E-state index in [0.29, 0.717) is 6.54 Å². The normalized spacial score (nSPS) is 11.2. The fraction of sp³-hybridized carbons (Fsp3) is 0.118. The van der Waals surface area contributed by atoms with Crippen molar-refractivity contribution in [2.45, 2.75) is 6.42 Å². The zero-order valence-corrected chi connectivity index (χ0v) is 13.2. The average molecular weight is 321 g/mol. The molecular weight excluding hydrogens is 306 g/mol. The molecule has 0 atom stereocenters. The molecule has 0 saturated heterocycles. The Kier molecular flexibility index (Phi) is 3.61. The van der Waals surface area contributed by atoms with Crippen molar-refractivity contribution in [3.8, 4) is 22.8 Å². The van der Waals surface area contributed by atoms with Crippen LogP contribution in [0.25, 0.3) is 27.7 Å². The summed E-state index contributed by atoms with van der Waals surface area (Å²) in [5.74, 6) is 0. The highest BCUT2D eigenvalue weighted by Crippen LogP contribution is 2.31. The fourth-order valence-electron chi connectivity index (χ4n) is 2.68. The zero-order valence-electron chi connectivity index (χ0n) is 12.4. The van der Waals surface area contributed by atoms with Crippen LogP contribution < -0.4 is 5.73 Å². The molecule has 0 aromatic carbocycles. The van der Waals surface area contributed by atoms with Crippen molar-refractivity contribution in [2.75, 3.05) is 6.54 Å². The van der Waals surface area contributed by atoms with E-state index in [2.05, 4.69) is 19.7 Å². The molecular formula is C17H15N5S. The molecule has 0 aliphatic rings. The summed E-state index contributed by atoms with van der Waals surface area (Å²) in [6.07, 6.45) is 4.33. The lowest BCUT2D eigenvalue weighted by atomic mass is 10.2. The van der Waals surface area contributed by atoms with Crippen LogP contribution in [0.3, 0.4) is 0 Å². The van der Waals surface area contributed by atoms with E-state index in [-0.39, 0.29) is 0 Å². The van der Waals surface area contributed by atoms with Gasteiger partial charge in [0.25, 0.3) is 0 Å². The van der Waals surface area contributed by atoms with E-state index in [9.17, 15) is 0 Å². The molecule has 0 spiro atoms. The molecule has 0 aliphatic heterocycles. The van der Waals surface area contributed by atoms with Crippen molar-refractivity contribution in [2.24, 2.45) is 5.73 Å². The van der Waals surface area contributed by atoms with Crippen LogP contribution in [0.4, 0.5) is 0 Å². The summed E-state index contributed by atoms with van der Waals surface area (Å²) in [6, 6.07) is 11.8. The molecule has 0 bridgehead atoms. The molecule has 2 N–H and O–H groups in total. The molecule has 0 amide bonds. The number of pyridine rings is 2. The largest absolute Gasteiger partial charge is 0.330 e. The Morgan fingerprint density at radius 2 is 1.74 bits per heavy atom. The van der Waals surface area contributed by atoms with Gasteiger partial charge in [-0.3, -0.25) is 14.4 Å². The Labute approximate surface area is 137 Å². The van der Waals surface area contributed by atoms with Crippen LogP contribution in [0.5, 0.6) is 0 Å². The van der Waals surface area contributed by atoms with E-state index in [4.69, 9.17) is 10.7 Å². The molecule has 114 valence electrons. The number of rotatable bonds is 4. The molecule has 4 rings (SSSR count). The molecule has 23 heavy (non-hydrogen) atoms. The van der Waals surface area contributed by atoms with Crippen molar-refractivity contribution in [1.29, 1.82) is 0 Å². The van der Waals surface area contributed by atoms with Gasteiger partial charge in [0, 0.05) is 24.2 Å². The van der Waals surface area contributed by atoms with Crippen LogP contribution in [0.15, 0.2) is 54.2 Å². The standard InChI is InChI=1S/C17H15N5S/c18-8-7-14-16(13-6-2-4-10-20-13)21-17-22(14)15(11-23-17)12-5-1-3-9-19-12/h1-6,9-11H,7-8,18H2. The predicted molar refractivity (Wildman–Crippen MR) is 92.3 cm³/mol. The number of aromatic nitrogens is 4. The van der Waals surface area contributed by atoms with Gasteiger partial charge >= 0.3 is 0 Å². The second-order valence-electron chi connectivity index (χ2n) is 5.11. The number of thiazole rings is 1. The molecule has 5 nitrogen and oxygen atoms in total. The Bertz CT molecular complexity index is 928. The van der Waals surface area contributed by atoms with Crippen molar-refractivity contribution >= 4 is 16.3 Å². The third kappa shape index (κ3) is 2.42. The minimum absolute atomic E-state index is 0.561. The second kappa shape index (κ2) is 5.91. The van der Waals surface area contributed by atoms with Gasteiger partial charge in [-0.2, -0.15) is 0 Å². The summed E-state index contributed by atoms with van der Waals surface area (Å²) in [5.41, 5.74) is 10.7. The highest BCUT2D eigenvalue weighted by Gasteiger charge is 2.19. The summed E-state index contributed by atoms with van der Waals surface area (Å²) in [4.78, 5) is 14.6. The molecule has 4 aromatic heterocycles. The van der Waals surface area contributed by atoms with E-state index in [1.54, 1.807) is 23.7 Å².